The average Bonchev–Trinajstić information content (AvgIpc) is 2.36. The van der Waals surface area contributed by atoms with Crippen molar-refractivity contribution in [3.63, 3.8) is 0 Å². The van der Waals surface area contributed by atoms with Crippen molar-refractivity contribution in [3.05, 3.63) is 35.4 Å². The molecular weight excluding hydrogens is 230 g/mol. The standard InChI is InChI=1S/C14H19NO3/c1-5-10-8-6-7-9-11(10)12(16)15-14(2,3)13(17)18-4/h6-9H,5H2,1-4H3,(H,15,16). The molecule has 0 aliphatic heterocycles. The second kappa shape index (κ2) is 5.67. The molecule has 4 nitrogen and oxygen atoms in total. The van der Waals surface area contributed by atoms with Gasteiger partial charge >= 0.3 is 5.97 Å². The van der Waals surface area contributed by atoms with Gasteiger partial charge in [-0.05, 0) is 31.9 Å². The third kappa shape index (κ3) is 3.09. The molecule has 0 bridgehead atoms. The minimum Gasteiger partial charge on any atom is -0.467 e. The van der Waals surface area contributed by atoms with Gasteiger partial charge in [0.05, 0.1) is 7.11 Å². The van der Waals surface area contributed by atoms with Crippen molar-refractivity contribution in [1.29, 1.82) is 0 Å². The summed E-state index contributed by atoms with van der Waals surface area (Å²) in [6, 6.07) is 7.35. The predicted molar refractivity (Wildman–Crippen MR) is 69.4 cm³/mol. The van der Waals surface area contributed by atoms with E-state index in [1.165, 1.54) is 7.11 Å². The maximum absolute atomic E-state index is 12.1. The summed E-state index contributed by atoms with van der Waals surface area (Å²) in [5, 5.41) is 2.68. The summed E-state index contributed by atoms with van der Waals surface area (Å²) >= 11 is 0. The summed E-state index contributed by atoms with van der Waals surface area (Å²) in [5.41, 5.74) is 0.514. The van der Waals surface area contributed by atoms with Gasteiger partial charge in [-0.25, -0.2) is 4.79 Å². The average molecular weight is 249 g/mol. The van der Waals surface area contributed by atoms with Gasteiger partial charge in [0.2, 0.25) is 0 Å². The van der Waals surface area contributed by atoms with Crippen LogP contribution in [0, 0.1) is 0 Å². The number of nitrogens with one attached hydrogen (secondary N) is 1. The molecule has 0 unspecified atom stereocenters. The van der Waals surface area contributed by atoms with Crippen LogP contribution in [0.1, 0.15) is 36.7 Å². The Morgan fingerprint density at radius 2 is 1.89 bits per heavy atom. The van der Waals surface area contributed by atoms with Crippen molar-refractivity contribution in [2.75, 3.05) is 7.11 Å². The van der Waals surface area contributed by atoms with Crippen LogP contribution in [0.5, 0.6) is 0 Å². The summed E-state index contributed by atoms with van der Waals surface area (Å²) in [7, 11) is 1.30. The zero-order chi connectivity index (χ0) is 13.8. The Kier molecular flexibility index (Phi) is 4.48. The lowest BCUT2D eigenvalue weighted by atomic mass is 10.0. The lowest BCUT2D eigenvalue weighted by Crippen LogP contribution is -2.50. The highest BCUT2D eigenvalue weighted by atomic mass is 16.5. The molecule has 0 saturated carbocycles. The van der Waals surface area contributed by atoms with Gasteiger partial charge in [0, 0.05) is 5.56 Å². The third-order valence-electron chi connectivity index (χ3n) is 2.76. The first-order valence-corrected chi connectivity index (χ1v) is 5.91. The molecule has 4 heteroatoms. The molecule has 18 heavy (non-hydrogen) atoms. The maximum Gasteiger partial charge on any atom is 0.330 e. The molecule has 0 heterocycles. The van der Waals surface area contributed by atoms with Gasteiger partial charge in [0.25, 0.3) is 5.91 Å². The number of esters is 1. The first kappa shape index (κ1) is 14.2. The number of hydrogen-bond donors (Lipinski definition) is 1. The van der Waals surface area contributed by atoms with Gasteiger partial charge < -0.3 is 10.1 Å². The number of amides is 1. The third-order valence-corrected chi connectivity index (χ3v) is 2.76. The number of carbonyl (C=O) groups excluding carboxylic acids is 2. The van der Waals surface area contributed by atoms with Crippen LogP contribution in [0.4, 0.5) is 0 Å². The summed E-state index contributed by atoms with van der Waals surface area (Å²) in [5.74, 6) is -0.729. The van der Waals surface area contributed by atoms with Crippen molar-refractivity contribution in [2.45, 2.75) is 32.7 Å². The van der Waals surface area contributed by atoms with E-state index in [-0.39, 0.29) is 5.91 Å². The normalized spacial score (nSPS) is 10.9. The maximum atomic E-state index is 12.1. The number of aryl methyl sites for hydroxylation is 1. The first-order valence-electron chi connectivity index (χ1n) is 5.91. The smallest absolute Gasteiger partial charge is 0.330 e. The van der Waals surface area contributed by atoms with Crippen LogP contribution in [-0.2, 0) is 16.0 Å². The second-order valence-corrected chi connectivity index (χ2v) is 4.58. The second-order valence-electron chi connectivity index (χ2n) is 4.58. The largest absolute Gasteiger partial charge is 0.467 e. The van der Waals surface area contributed by atoms with E-state index in [2.05, 4.69) is 10.1 Å². The fourth-order valence-electron chi connectivity index (χ4n) is 1.71. The van der Waals surface area contributed by atoms with Gasteiger partial charge in [0.15, 0.2) is 0 Å². The van der Waals surface area contributed by atoms with Crippen LogP contribution in [0.3, 0.4) is 0 Å². The van der Waals surface area contributed by atoms with Crippen LogP contribution in [-0.4, -0.2) is 24.5 Å². The van der Waals surface area contributed by atoms with E-state index in [9.17, 15) is 9.59 Å². The van der Waals surface area contributed by atoms with Gasteiger partial charge in [-0.3, -0.25) is 4.79 Å². The molecule has 0 fully saturated rings. The molecule has 1 N–H and O–H groups in total. The fraction of sp³-hybridized carbons (Fsp3) is 0.429. The Bertz CT molecular complexity index is 452. The van der Waals surface area contributed by atoms with Crippen molar-refractivity contribution in [2.24, 2.45) is 0 Å². The Morgan fingerprint density at radius 1 is 1.28 bits per heavy atom. The monoisotopic (exact) mass is 249 g/mol. The van der Waals surface area contributed by atoms with Gasteiger partial charge in [0.1, 0.15) is 5.54 Å². The molecule has 0 spiro atoms. The fourth-order valence-corrected chi connectivity index (χ4v) is 1.71. The number of benzene rings is 1. The van der Waals surface area contributed by atoms with Crippen molar-refractivity contribution in [1.82, 2.24) is 5.32 Å². The van der Waals surface area contributed by atoms with Crippen LogP contribution in [0.2, 0.25) is 0 Å². The Hall–Kier alpha value is -1.84. The molecule has 1 aromatic carbocycles. The Morgan fingerprint density at radius 3 is 2.44 bits per heavy atom. The highest BCUT2D eigenvalue weighted by Gasteiger charge is 2.31. The lowest BCUT2D eigenvalue weighted by Gasteiger charge is -2.23. The van der Waals surface area contributed by atoms with E-state index in [0.29, 0.717) is 5.56 Å². The molecule has 0 atom stereocenters. The van der Waals surface area contributed by atoms with Crippen molar-refractivity contribution in [3.8, 4) is 0 Å². The number of methoxy groups -OCH3 is 1. The van der Waals surface area contributed by atoms with Crippen molar-refractivity contribution < 1.29 is 14.3 Å². The zero-order valence-corrected chi connectivity index (χ0v) is 11.2. The molecule has 1 rings (SSSR count). The highest BCUT2D eigenvalue weighted by molar-refractivity contribution is 5.99. The Balaban J connectivity index is 2.92. The Labute approximate surface area is 107 Å². The molecule has 0 saturated heterocycles. The number of carbonyl (C=O) groups is 2. The minimum absolute atomic E-state index is 0.261. The van der Waals surface area contributed by atoms with E-state index < -0.39 is 11.5 Å². The molecule has 0 aromatic heterocycles. The summed E-state index contributed by atoms with van der Waals surface area (Å²) in [4.78, 5) is 23.7. The van der Waals surface area contributed by atoms with Gasteiger partial charge in [-0.15, -0.1) is 0 Å². The van der Waals surface area contributed by atoms with E-state index >= 15 is 0 Å². The van der Waals surface area contributed by atoms with Gasteiger partial charge in [-0.1, -0.05) is 25.1 Å². The predicted octanol–water partition coefficient (Wildman–Crippen LogP) is 1.93. The van der Waals surface area contributed by atoms with E-state index in [1.807, 2.05) is 19.1 Å². The lowest BCUT2D eigenvalue weighted by molar-refractivity contribution is -0.146. The minimum atomic E-state index is -1.04. The van der Waals surface area contributed by atoms with E-state index in [0.717, 1.165) is 12.0 Å². The van der Waals surface area contributed by atoms with Gasteiger partial charge in [-0.2, -0.15) is 0 Å². The summed E-state index contributed by atoms with van der Waals surface area (Å²) < 4.78 is 4.65. The molecular formula is C14H19NO3. The molecule has 1 amide bonds. The van der Waals surface area contributed by atoms with Crippen LogP contribution in [0.25, 0.3) is 0 Å². The molecule has 0 aliphatic rings. The SMILES string of the molecule is CCc1ccccc1C(=O)NC(C)(C)C(=O)OC. The highest BCUT2D eigenvalue weighted by Crippen LogP contribution is 2.12. The number of rotatable bonds is 4. The topological polar surface area (TPSA) is 55.4 Å². The van der Waals surface area contributed by atoms with Crippen LogP contribution >= 0.6 is 0 Å². The molecule has 1 aromatic rings. The van der Waals surface area contributed by atoms with E-state index in [1.54, 1.807) is 26.0 Å². The first-order chi connectivity index (χ1) is 8.42. The number of ether oxygens (including phenoxy) is 1. The van der Waals surface area contributed by atoms with Crippen LogP contribution < -0.4 is 5.32 Å². The summed E-state index contributed by atoms with van der Waals surface area (Å²) in [6.07, 6.45) is 0.766. The number of hydrogen-bond acceptors (Lipinski definition) is 3. The van der Waals surface area contributed by atoms with Crippen molar-refractivity contribution >= 4 is 11.9 Å². The molecule has 0 radical (unpaired) electrons. The zero-order valence-electron chi connectivity index (χ0n) is 11.2. The molecule has 0 aliphatic carbocycles. The summed E-state index contributed by atoms with van der Waals surface area (Å²) in [6.45, 7) is 5.22. The van der Waals surface area contributed by atoms with Crippen LogP contribution in [0.15, 0.2) is 24.3 Å². The van der Waals surface area contributed by atoms with E-state index in [4.69, 9.17) is 0 Å². The molecule has 98 valence electrons. The quantitative estimate of drug-likeness (QED) is 0.829.